The Morgan fingerprint density at radius 1 is 1.00 bits per heavy atom. The number of rotatable bonds is 5. The number of aromatic nitrogens is 2. The van der Waals surface area contributed by atoms with Crippen LogP contribution in [-0.2, 0) is 0 Å². The van der Waals surface area contributed by atoms with Gasteiger partial charge in [0.2, 0.25) is 0 Å². The third-order valence-electron chi connectivity index (χ3n) is 4.29. The number of benzene rings is 3. The Morgan fingerprint density at radius 2 is 1.72 bits per heavy atom. The van der Waals surface area contributed by atoms with E-state index in [0.717, 1.165) is 11.1 Å². The van der Waals surface area contributed by atoms with Crippen LogP contribution in [0.4, 0.5) is 0 Å². The van der Waals surface area contributed by atoms with E-state index < -0.39 is 0 Å². The molecule has 1 aromatic heterocycles. The molecule has 0 radical (unpaired) electrons. The van der Waals surface area contributed by atoms with Gasteiger partial charge < -0.3 is 4.74 Å². The van der Waals surface area contributed by atoms with Crippen molar-refractivity contribution in [2.24, 2.45) is 5.10 Å². The molecule has 0 aliphatic carbocycles. The van der Waals surface area contributed by atoms with Crippen molar-refractivity contribution < 1.29 is 4.74 Å². The van der Waals surface area contributed by atoms with Gasteiger partial charge in [-0.3, -0.25) is 4.79 Å². The van der Waals surface area contributed by atoms with E-state index in [1.54, 1.807) is 36.5 Å². The Kier molecular flexibility index (Phi) is 5.12. The second-order valence-electron chi connectivity index (χ2n) is 6.20. The van der Waals surface area contributed by atoms with Gasteiger partial charge in [0.15, 0.2) is 12.4 Å². The topological polar surface area (TPSA) is 80.3 Å². The maximum atomic E-state index is 13.1. The second-order valence-corrected chi connectivity index (χ2v) is 6.20. The fourth-order valence-corrected chi connectivity index (χ4v) is 2.90. The van der Waals surface area contributed by atoms with E-state index in [2.05, 4.69) is 10.1 Å². The van der Waals surface area contributed by atoms with Crippen molar-refractivity contribution in [2.45, 2.75) is 0 Å². The molecule has 0 amide bonds. The molecule has 1 heterocycles. The number of para-hydroxylation sites is 1. The minimum atomic E-state index is -0.236. The lowest BCUT2D eigenvalue weighted by molar-refractivity contribution is 0.368. The van der Waals surface area contributed by atoms with E-state index in [9.17, 15) is 4.79 Å². The molecule has 0 saturated carbocycles. The summed E-state index contributed by atoms with van der Waals surface area (Å²) in [5, 5.41) is 13.5. The molecular formula is C23H16N4O2. The van der Waals surface area contributed by atoms with Gasteiger partial charge in [0.1, 0.15) is 11.8 Å². The Balaban J connectivity index is 1.78. The average molecular weight is 380 g/mol. The van der Waals surface area contributed by atoms with E-state index in [4.69, 9.17) is 10.00 Å². The molecule has 0 spiro atoms. The largest absolute Gasteiger partial charge is 0.479 e. The standard InChI is InChI=1S/C23H16N4O2/c24-14-15-29-19-12-10-17(11-13-19)16-25-27-22(18-6-2-1-3-7-18)26-21-9-5-4-8-20(21)23(27)28/h1-13,16H,15H2. The summed E-state index contributed by atoms with van der Waals surface area (Å²) < 4.78 is 6.56. The third-order valence-corrected chi connectivity index (χ3v) is 4.29. The molecule has 0 aliphatic heterocycles. The molecule has 0 atom stereocenters. The van der Waals surface area contributed by atoms with Gasteiger partial charge in [-0.05, 0) is 42.0 Å². The van der Waals surface area contributed by atoms with E-state index in [-0.39, 0.29) is 12.2 Å². The normalized spacial score (nSPS) is 10.9. The Hall–Kier alpha value is -4.24. The highest BCUT2D eigenvalue weighted by molar-refractivity contribution is 5.82. The molecule has 0 fully saturated rings. The average Bonchev–Trinajstić information content (AvgIpc) is 2.78. The van der Waals surface area contributed by atoms with E-state index in [1.807, 2.05) is 54.6 Å². The molecule has 0 saturated heterocycles. The van der Waals surface area contributed by atoms with Crippen molar-refractivity contribution in [1.82, 2.24) is 9.66 Å². The van der Waals surface area contributed by atoms with Crippen LogP contribution in [0, 0.1) is 11.3 Å². The van der Waals surface area contributed by atoms with Crippen LogP contribution in [0.25, 0.3) is 22.3 Å². The number of nitrogens with zero attached hydrogens (tertiary/aromatic N) is 4. The minimum Gasteiger partial charge on any atom is -0.479 e. The summed E-state index contributed by atoms with van der Waals surface area (Å²) in [5.74, 6) is 1.07. The third kappa shape index (κ3) is 3.89. The van der Waals surface area contributed by atoms with Gasteiger partial charge in [0, 0.05) is 5.56 Å². The van der Waals surface area contributed by atoms with Gasteiger partial charge >= 0.3 is 0 Å². The van der Waals surface area contributed by atoms with Crippen molar-refractivity contribution in [3.63, 3.8) is 0 Å². The summed E-state index contributed by atoms with van der Waals surface area (Å²) in [6.45, 7) is -0.00791. The number of nitriles is 1. The molecule has 0 aliphatic rings. The zero-order valence-electron chi connectivity index (χ0n) is 15.4. The first kappa shape index (κ1) is 18.1. The molecule has 4 rings (SSSR count). The van der Waals surface area contributed by atoms with Crippen LogP contribution in [0.5, 0.6) is 5.75 Å². The van der Waals surface area contributed by atoms with Crippen LogP contribution in [0.15, 0.2) is 88.8 Å². The fourth-order valence-electron chi connectivity index (χ4n) is 2.90. The van der Waals surface area contributed by atoms with Crippen LogP contribution in [0.3, 0.4) is 0 Å². The molecule has 6 heteroatoms. The van der Waals surface area contributed by atoms with E-state index in [1.165, 1.54) is 4.68 Å². The zero-order chi connectivity index (χ0) is 20.1. The first-order valence-corrected chi connectivity index (χ1v) is 8.97. The predicted octanol–water partition coefficient (Wildman–Crippen LogP) is 3.85. The maximum Gasteiger partial charge on any atom is 0.282 e. The molecule has 29 heavy (non-hydrogen) atoms. The summed E-state index contributed by atoms with van der Waals surface area (Å²) in [5.41, 5.74) is 1.97. The van der Waals surface area contributed by atoms with Crippen LogP contribution >= 0.6 is 0 Å². The Bertz CT molecular complexity index is 1270. The van der Waals surface area contributed by atoms with Gasteiger partial charge in [-0.2, -0.15) is 15.0 Å². The van der Waals surface area contributed by atoms with E-state index in [0.29, 0.717) is 22.5 Å². The van der Waals surface area contributed by atoms with Crippen molar-refractivity contribution in [3.8, 4) is 23.2 Å². The van der Waals surface area contributed by atoms with Crippen molar-refractivity contribution >= 4 is 17.1 Å². The van der Waals surface area contributed by atoms with Crippen molar-refractivity contribution in [2.75, 3.05) is 6.61 Å². The van der Waals surface area contributed by atoms with Crippen molar-refractivity contribution in [1.29, 1.82) is 5.26 Å². The van der Waals surface area contributed by atoms with E-state index >= 15 is 0 Å². The Morgan fingerprint density at radius 3 is 2.48 bits per heavy atom. The van der Waals surface area contributed by atoms with Crippen LogP contribution in [0.2, 0.25) is 0 Å². The zero-order valence-corrected chi connectivity index (χ0v) is 15.4. The summed E-state index contributed by atoms with van der Waals surface area (Å²) in [6.07, 6.45) is 1.60. The second kappa shape index (κ2) is 8.19. The van der Waals surface area contributed by atoms with Crippen LogP contribution in [-0.4, -0.2) is 22.5 Å². The number of hydrogen-bond donors (Lipinski definition) is 0. The summed E-state index contributed by atoms with van der Waals surface area (Å²) in [6, 6.07) is 25.7. The van der Waals surface area contributed by atoms with Gasteiger partial charge in [-0.1, -0.05) is 42.5 Å². The quantitative estimate of drug-likeness (QED) is 0.493. The van der Waals surface area contributed by atoms with Gasteiger partial charge in [-0.25, -0.2) is 4.98 Å². The monoisotopic (exact) mass is 380 g/mol. The highest BCUT2D eigenvalue weighted by Gasteiger charge is 2.11. The van der Waals surface area contributed by atoms with Crippen LogP contribution in [0.1, 0.15) is 5.56 Å². The molecule has 3 aromatic carbocycles. The smallest absolute Gasteiger partial charge is 0.282 e. The fraction of sp³-hybridized carbons (Fsp3) is 0.0435. The predicted molar refractivity (Wildman–Crippen MR) is 112 cm³/mol. The van der Waals surface area contributed by atoms with Crippen LogP contribution < -0.4 is 10.3 Å². The minimum absolute atomic E-state index is 0.00791. The lowest BCUT2D eigenvalue weighted by atomic mass is 10.2. The molecule has 0 N–H and O–H groups in total. The number of fused-ring (bicyclic) bond motifs is 1. The van der Waals surface area contributed by atoms with Crippen molar-refractivity contribution in [3.05, 3.63) is 94.8 Å². The number of hydrogen-bond acceptors (Lipinski definition) is 5. The highest BCUT2D eigenvalue weighted by Crippen LogP contribution is 2.18. The first-order valence-electron chi connectivity index (χ1n) is 8.97. The summed E-state index contributed by atoms with van der Waals surface area (Å²) >= 11 is 0. The molecular weight excluding hydrogens is 364 g/mol. The molecule has 6 nitrogen and oxygen atoms in total. The van der Waals surface area contributed by atoms with Gasteiger partial charge in [-0.15, -0.1) is 0 Å². The lowest BCUT2D eigenvalue weighted by Gasteiger charge is -2.09. The summed E-state index contributed by atoms with van der Waals surface area (Å²) in [4.78, 5) is 17.7. The molecule has 0 unspecified atom stereocenters. The Labute approximate surface area is 167 Å². The molecule has 140 valence electrons. The first-order chi connectivity index (χ1) is 14.3. The molecule has 0 bridgehead atoms. The SMILES string of the molecule is N#CCOc1ccc(C=Nn2c(-c3ccccc3)nc3ccccc3c2=O)cc1. The molecule has 4 aromatic rings. The summed E-state index contributed by atoms with van der Waals surface area (Å²) in [7, 11) is 0. The van der Waals surface area contributed by atoms with Gasteiger partial charge in [0.25, 0.3) is 5.56 Å². The highest BCUT2D eigenvalue weighted by atomic mass is 16.5. The maximum absolute atomic E-state index is 13.1. The lowest BCUT2D eigenvalue weighted by Crippen LogP contribution is -2.20. The number of ether oxygens (including phenoxy) is 1. The van der Waals surface area contributed by atoms with Gasteiger partial charge in [0.05, 0.1) is 17.1 Å².